The second-order valence-electron chi connectivity index (χ2n) is 9.20. The van der Waals surface area contributed by atoms with Crippen molar-refractivity contribution in [2.45, 2.75) is 57.8 Å². The zero-order chi connectivity index (χ0) is 21.0. The normalized spacial score (nSPS) is 25.2. The lowest BCUT2D eigenvalue weighted by atomic mass is 9.80. The number of hydrogen-bond donors (Lipinski definition) is 1. The van der Waals surface area contributed by atoms with E-state index in [1.54, 1.807) is 12.1 Å². The number of allylic oxidation sites excluding steroid dienone is 1. The van der Waals surface area contributed by atoms with E-state index >= 15 is 4.39 Å². The largest absolute Gasteiger partial charge is 0.461 e. The smallest absolute Gasteiger partial charge is 0.166 e. The molecule has 1 heterocycles. The minimum atomic E-state index is -0.356. The summed E-state index contributed by atoms with van der Waals surface area (Å²) in [7, 11) is 0. The second kappa shape index (κ2) is 7.65. The second-order valence-corrected chi connectivity index (χ2v) is 9.58. The molecule has 2 N–H and O–H groups in total. The zero-order valence-corrected chi connectivity index (χ0v) is 18.0. The third kappa shape index (κ3) is 3.44. The van der Waals surface area contributed by atoms with Gasteiger partial charge < -0.3 is 10.2 Å². The van der Waals surface area contributed by atoms with Gasteiger partial charge in [-0.3, -0.25) is 4.79 Å². The Labute approximate surface area is 181 Å². The van der Waals surface area contributed by atoms with Crippen molar-refractivity contribution in [3.8, 4) is 11.3 Å². The third-order valence-corrected chi connectivity index (χ3v) is 7.45. The van der Waals surface area contributed by atoms with E-state index in [9.17, 15) is 4.79 Å². The molecule has 2 atom stereocenters. The number of benzene rings is 1. The molecule has 0 radical (unpaired) electrons. The molecule has 2 unspecified atom stereocenters. The predicted octanol–water partition coefficient (Wildman–Crippen LogP) is 6.66. The van der Waals surface area contributed by atoms with Gasteiger partial charge in [-0.15, -0.1) is 0 Å². The maximum absolute atomic E-state index is 15.4. The minimum Gasteiger partial charge on any atom is -0.461 e. The number of carbonyl (C=O) groups excluding carboxylic acids is 1. The van der Waals surface area contributed by atoms with Crippen molar-refractivity contribution in [3.05, 3.63) is 51.0 Å². The van der Waals surface area contributed by atoms with Crippen molar-refractivity contribution < 1.29 is 13.6 Å². The van der Waals surface area contributed by atoms with Crippen LogP contribution >= 0.6 is 11.6 Å². The summed E-state index contributed by atoms with van der Waals surface area (Å²) in [5, 5.41) is 0.486. The highest BCUT2D eigenvalue weighted by Gasteiger charge is 2.39. The van der Waals surface area contributed by atoms with Gasteiger partial charge in [0.2, 0.25) is 0 Å². The maximum Gasteiger partial charge on any atom is 0.166 e. The zero-order valence-electron chi connectivity index (χ0n) is 17.3. The van der Waals surface area contributed by atoms with Gasteiger partial charge in [0.1, 0.15) is 17.3 Å². The molecule has 2 saturated carbocycles. The molecule has 2 fully saturated rings. The molecule has 5 rings (SSSR count). The first kappa shape index (κ1) is 20.0. The lowest BCUT2D eigenvalue weighted by molar-refractivity contribution is 0.0976. The van der Waals surface area contributed by atoms with Crippen LogP contribution in [0.1, 0.15) is 78.1 Å². The molecule has 1 aromatic carbocycles. The Morgan fingerprint density at radius 2 is 2.00 bits per heavy atom. The van der Waals surface area contributed by atoms with Crippen LogP contribution in [-0.2, 0) is 0 Å². The van der Waals surface area contributed by atoms with Crippen LogP contribution in [0.3, 0.4) is 0 Å². The van der Waals surface area contributed by atoms with Gasteiger partial charge in [-0.25, -0.2) is 4.39 Å². The number of rotatable bonds is 3. The average Bonchev–Trinajstić information content (AvgIpc) is 3.32. The summed E-state index contributed by atoms with van der Waals surface area (Å²) < 4.78 is 21.3. The summed E-state index contributed by atoms with van der Waals surface area (Å²) in [5.74, 6) is 1.98. The number of furan rings is 1. The Morgan fingerprint density at radius 3 is 2.70 bits per heavy atom. The molecule has 0 saturated heterocycles. The summed E-state index contributed by atoms with van der Waals surface area (Å²) in [6.07, 6.45) is 8.31. The summed E-state index contributed by atoms with van der Waals surface area (Å²) in [6, 6.07) is 3.31. The van der Waals surface area contributed by atoms with Crippen molar-refractivity contribution in [3.63, 3.8) is 0 Å². The summed E-state index contributed by atoms with van der Waals surface area (Å²) in [5.41, 5.74) is 9.68. The first-order valence-electron chi connectivity index (χ1n) is 11.0. The highest BCUT2D eigenvalue weighted by Crippen LogP contribution is 2.52. The Balaban J connectivity index is 1.69. The van der Waals surface area contributed by atoms with Crippen molar-refractivity contribution in [2.75, 3.05) is 6.54 Å². The van der Waals surface area contributed by atoms with Crippen molar-refractivity contribution >= 4 is 23.5 Å². The Kier molecular flexibility index (Phi) is 5.11. The quantitative estimate of drug-likeness (QED) is 0.595. The molecule has 3 aliphatic carbocycles. The van der Waals surface area contributed by atoms with Crippen LogP contribution < -0.4 is 5.73 Å². The van der Waals surface area contributed by atoms with Crippen LogP contribution in [0, 0.1) is 24.6 Å². The monoisotopic (exact) mass is 427 g/mol. The fourth-order valence-corrected chi connectivity index (χ4v) is 5.68. The number of aryl methyl sites for hydroxylation is 1. The van der Waals surface area contributed by atoms with Crippen molar-refractivity contribution in [2.24, 2.45) is 17.6 Å². The molecule has 0 spiro atoms. The van der Waals surface area contributed by atoms with Crippen molar-refractivity contribution in [1.29, 1.82) is 0 Å². The number of ketones is 1. The van der Waals surface area contributed by atoms with Gasteiger partial charge in [0.05, 0.1) is 10.6 Å². The fraction of sp³-hybridized carbons (Fsp3) is 0.480. The van der Waals surface area contributed by atoms with Crippen molar-refractivity contribution in [1.82, 2.24) is 0 Å². The highest BCUT2D eigenvalue weighted by atomic mass is 35.5. The molecule has 0 amide bonds. The summed E-state index contributed by atoms with van der Waals surface area (Å²) >= 11 is 6.95. The lowest BCUT2D eigenvalue weighted by Gasteiger charge is -2.25. The molecule has 30 heavy (non-hydrogen) atoms. The number of halogens is 2. The van der Waals surface area contributed by atoms with E-state index in [1.807, 2.05) is 13.0 Å². The topological polar surface area (TPSA) is 56.2 Å². The molecule has 1 aromatic heterocycles. The number of Topliss-reactive ketones (excluding diaryl/α,β-unsaturated/α-hetero) is 1. The van der Waals surface area contributed by atoms with Gasteiger partial charge >= 0.3 is 0 Å². The van der Waals surface area contributed by atoms with Crippen LogP contribution in [0.2, 0.25) is 5.02 Å². The first-order valence-corrected chi connectivity index (χ1v) is 11.4. The third-order valence-electron chi connectivity index (χ3n) is 7.04. The number of fused-ring (bicyclic) bond motifs is 3. The maximum atomic E-state index is 15.4. The number of hydrogen-bond acceptors (Lipinski definition) is 3. The first-order chi connectivity index (χ1) is 14.5. The van der Waals surface area contributed by atoms with Crippen LogP contribution in [-0.4, -0.2) is 12.3 Å². The standard InChI is InChI=1S/C25H27ClFNO2/c1-13-8-19-22(29)7-6-17(16-4-5-16)23-20(25(19)30-13)11-21(27)18(24(23)26)10-14-2-3-15(9-14)12-28/h8,10-11,15-17H,2-7,9,12,28H2,1H3/b14-10-. The van der Waals surface area contributed by atoms with E-state index in [0.717, 1.165) is 44.1 Å². The van der Waals surface area contributed by atoms with Crippen LogP contribution in [0.25, 0.3) is 17.4 Å². The molecular formula is C25H27ClFNO2. The average molecular weight is 428 g/mol. The van der Waals surface area contributed by atoms with Gasteiger partial charge in [0.15, 0.2) is 5.78 Å². The lowest BCUT2D eigenvalue weighted by Crippen LogP contribution is -2.13. The predicted molar refractivity (Wildman–Crippen MR) is 117 cm³/mol. The van der Waals surface area contributed by atoms with E-state index < -0.39 is 0 Å². The van der Waals surface area contributed by atoms with E-state index in [1.165, 1.54) is 5.57 Å². The van der Waals surface area contributed by atoms with Crippen LogP contribution in [0.5, 0.6) is 0 Å². The number of nitrogens with two attached hydrogens (primary N) is 1. The molecule has 5 heteroatoms. The van der Waals surface area contributed by atoms with Crippen LogP contribution in [0.4, 0.5) is 4.39 Å². The van der Waals surface area contributed by atoms with E-state index in [0.29, 0.717) is 58.0 Å². The molecule has 158 valence electrons. The Hall–Kier alpha value is -1.91. The van der Waals surface area contributed by atoms with E-state index in [2.05, 4.69) is 0 Å². The molecule has 2 aromatic rings. The Morgan fingerprint density at radius 1 is 1.20 bits per heavy atom. The SMILES string of the molecule is Cc1cc2c(o1)-c1cc(F)c(/C=C3/CCC(CN)C3)c(Cl)c1C(C1CC1)CCC2=O. The molecule has 3 aliphatic rings. The van der Waals surface area contributed by atoms with Gasteiger partial charge in [-0.05, 0) is 87.4 Å². The van der Waals surface area contributed by atoms with Gasteiger partial charge in [-0.1, -0.05) is 23.3 Å². The highest BCUT2D eigenvalue weighted by molar-refractivity contribution is 6.33. The van der Waals surface area contributed by atoms with Crippen LogP contribution in [0.15, 0.2) is 22.1 Å². The molecule has 0 aliphatic heterocycles. The van der Waals surface area contributed by atoms with Gasteiger partial charge in [-0.2, -0.15) is 0 Å². The molecular weight excluding hydrogens is 401 g/mol. The van der Waals surface area contributed by atoms with E-state index in [4.69, 9.17) is 21.8 Å². The Bertz CT molecular complexity index is 1050. The summed E-state index contributed by atoms with van der Waals surface area (Å²) in [4.78, 5) is 12.8. The minimum absolute atomic E-state index is 0.0691. The van der Waals surface area contributed by atoms with Gasteiger partial charge in [0, 0.05) is 17.5 Å². The van der Waals surface area contributed by atoms with Gasteiger partial charge in [0.25, 0.3) is 0 Å². The summed E-state index contributed by atoms with van der Waals surface area (Å²) in [6.45, 7) is 2.48. The molecule has 3 nitrogen and oxygen atoms in total. The van der Waals surface area contributed by atoms with E-state index in [-0.39, 0.29) is 17.5 Å². The number of carbonyl (C=O) groups is 1. The molecule has 0 bridgehead atoms. The fourth-order valence-electron chi connectivity index (χ4n) is 5.29.